The van der Waals surface area contributed by atoms with Crippen LogP contribution in [0.25, 0.3) is 17.0 Å². The molecule has 0 unspecified atom stereocenters. The van der Waals surface area contributed by atoms with Gasteiger partial charge in [0.05, 0.1) is 29.6 Å². The van der Waals surface area contributed by atoms with E-state index in [0.29, 0.717) is 29.2 Å². The minimum atomic E-state index is -0.350. The minimum absolute atomic E-state index is 0.0737. The lowest BCUT2D eigenvalue weighted by atomic mass is 10.1. The number of imide groups is 1. The number of nitriles is 1. The van der Waals surface area contributed by atoms with Crippen LogP contribution in [0.1, 0.15) is 16.7 Å². The Morgan fingerprint density at radius 1 is 0.943 bits per heavy atom. The molecule has 1 aliphatic heterocycles. The number of carbonyl (C=O) groups excluding carboxylic acids is 2. The standard InChI is InChI=1S/C28H21N3O3S/c29-17-20-8-4-5-9-21(20)19-31-27(32)26(35-28(31)33)16-22-18-30(25-13-7-6-12-24(22)25)14-15-34-23-10-2-1-3-11-23/h1-13,16,18H,14-15,19H2/b26-16-. The number of hydrogen-bond acceptors (Lipinski definition) is 5. The summed E-state index contributed by atoms with van der Waals surface area (Å²) < 4.78 is 7.95. The predicted octanol–water partition coefficient (Wildman–Crippen LogP) is 5.83. The smallest absolute Gasteiger partial charge is 0.293 e. The number of aromatic nitrogens is 1. The highest BCUT2D eigenvalue weighted by molar-refractivity contribution is 8.18. The summed E-state index contributed by atoms with van der Waals surface area (Å²) in [5.41, 5.74) is 2.99. The number of benzene rings is 3. The van der Waals surface area contributed by atoms with E-state index in [1.807, 2.05) is 60.8 Å². The molecule has 0 atom stereocenters. The van der Waals surface area contributed by atoms with Gasteiger partial charge < -0.3 is 9.30 Å². The van der Waals surface area contributed by atoms with Crippen LogP contribution in [0.4, 0.5) is 4.79 Å². The van der Waals surface area contributed by atoms with E-state index in [0.717, 1.165) is 34.0 Å². The lowest BCUT2D eigenvalue weighted by molar-refractivity contribution is -0.123. The van der Waals surface area contributed by atoms with Gasteiger partial charge in [-0.05, 0) is 47.7 Å². The molecule has 1 aliphatic rings. The van der Waals surface area contributed by atoms with Crippen molar-refractivity contribution in [3.05, 3.63) is 107 Å². The maximum absolute atomic E-state index is 13.1. The van der Waals surface area contributed by atoms with E-state index < -0.39 is 0 Å². The highest BCUT2D eigenvalue weighted by atomic mass is 32.2. The van der Waals surface area contributed by atoms with Crippen molar-refractivity contribution in [1.29, 1.82) is 5.26 Å². The van der Waals surface area contributed by atoms with Crippen molar-refractivity contribution in [2.75, 3.05) is 6.61 Å². The molecule has 4 aromatic rings. The van der Waals surface area contributed by atoms with Gasteiger partial charge in [-0.25, -0.2) is 0 Å². The summed E-state index contributed by atoms with van der Waals surface area (Å²) in [6, 6.07) is 26.7. The molecular weight excluding hydrogens is 458 g/mol. The largest absolute Gasteiger partial charge is 0.492 e. The molecule has 0 saturated carbocycles. The van der Waals surface area contributed by atoms with E-state index in [1.54, 1.807) is 30.3 Å². The predicted molar refractivity (Wildman–Crippen MR) is 137 cm³/mol. The first kappa shape index (κ1) is 22.5. The Kier molecular flexibility index (Phi) is 6.38. The summed E-state index contributed by atoms with van der Waals surface area (Å²) in [6.07, 6.45) is 3.76. The number of hydrogen-bond donors (Lipinski definition) is 0. The highest BCUT2D eigenvalue weighted by Crippen LogP contribution is 2.35. The Morgan fingerprint density at radius 3 is 2.51 bits per heavy atom. The van der Waals surface area contributed by atoms with Crippen molar-refractivity contribution in [2.24, 2.45) is 0 Å². The van der Waals surface area contributed by atoms with Gasteiger partial charge in [0.15, 0.2) is 0 Å². The van der Waals surface area contributed by atoms with Gasteiger partial charge in [0.25, 0.3) is 11.1 Å². The molecule has 5 rings (SSSR count). The monoisotopic (exact) mass is 479 g/mol. The Hall–Kier alpha value is -4.28. The van der Waals surface area contributed by atoms with Crippen LogP contribution in [-0.4, -0.2) is 27.2 Å². The highest BCUT2D eigenvalue weighted by Gasteiger charge is 2.35. The van der Waals surface area contributed by atoms with Crippen molar-refractivity contribution in [3.8, 4) is 11.8 Å². The van der Waals surface area contributed by atoms with Gasteiger partial charge in [0.1, 0.15) is 12.4 Å². The average Bonchev–Trinajstić information content (AvgIpc) is 3.37. The van der Waals surface area contributed by atoms with E-state index >= 15 is 0 Å². The molecule has 0 radical (unpaired) electrons. The van der Waals surface area contributed by atoms with Gasteiger partial charge in [0.2, 0.25) is 0 Å². The first-order valence-corrected chi connectivity index (χ1v) is 11.9. The zero-order chi connectivity index (χ0) is 24.2. The van der Waals surface area contributed by atoms with Crippen molar-refractivity contribution in [2.45, 2.75) is 13.1 Å². The number of carbonyl (C=O) groups is 2. The molecule has 35 heavy (non-hydrogen) atoms. The fourth-order valence-corrected chi connectivity index (χ4v) is 4.90. The third-order valence-corrected chi connectivity index (χ3v) is 6.70. The zero-order valence-electron chi connectivity index (χ0n) is 18.8. The zero-order valence-corrected chi connectivity index (χ0v) is 19.6. The Morgan fingerprint density at radius 2 is 1.69 bits per heavy atom. The van der Waals surface area contributed by atoms with Gasteiger partial charge in [-0.1, -0.05) is 54.6 Å². The van der Waals surface area contributed by atoms with E-state index in [-0.39, 0.29) is 17.7 Å². The maximum atomic E-state index is 13.1. The number of nitrogens with zero attached hydrogens (tertiary/aromatic N) is 3. The normalized spacial score (nSPS) is 14.6. The van der Waals surface area contributed by atoms with Crippen molar-refractivity contribution < 1.29 is 14.3 Å². The molecule has 6 nitrogen and oxygen atoms in total. The van der Waals surface area contributed by atoms with Crippen LogP contribution in [0.15, 0.2) is 90.0 Å². The van der Waals surface area contributed by atoms with Gasteiger partial charge >= 0.3 is 0 Å². The first-order chi connectivity index (χ1) is 17.1. The Labute approximate surface area is 207 Å². The van der Waals surface area contributed by atoms with E-state index in [9.17, 15) is 14.9 Å². The van der Waals surface area contributed by atoms with Gasteiger partial charge in [0, 0.05) is 22.7 Å². The number of amides is 2. The van der Waals surface area contributed by atoms with Gasteiger partial charge in [-0.15, -0.1) is 0 Å². The molecule has 3 aromatic carbocycles. The molecule has 7 heteroatoms. The SMILES string of the molecule is N#Cc1ccccc1CN1C(=O)S/C(=C\c2cn(CCOc3ccccc3)c3ccccc23)C1=O. The Balaban J connectivity index is 1.38. The van der Waals surface area contributed by atoms with Crippen molar-refractivity contribution >= 4 is 39.9 Å². The molecule has 2 heterocycles. The number of thioether (sulfide) groups is 1. The lowest BCUT2D eigenvalue weighted by Gasteiger charge is -2.13. The molecule has 0 bridgehead atoms. The molecule has 0 spiro atoms. The van der Waals surface area contributed by atoms with Crippen LogP contribution in [-0.2, 0) is 17.9 Å². The summed E-state index contributed by atoms with van der Waals surface area (Å²) in [5.74, 6) is 0.466. The molecule has 2 amide bonds. The summed E-state index contributed by atoms with van der Waals surface area (Å²) in [6.45, 7) is 1.21. The van der Waals surface area contributed by atoms with Crippen molar-refractivity contribution in [3.63, 3.8) is 0 Å². The van der Waals surface area contributed by atoms with E-state index in [1.165, 1.54) is 4.90 Å². The number of para-hydroxylation sites is 2. The minimum Gasteiger partial charge on any atom is -0.492 e. The van der Waals surface area contributed by atoms with Crippen LogP contribution in [0.3, 0.4) is 0 Å². The fraction of sp³-hybridized carbons (Fsp3) is 0.107. The molecule has 1 saturated heterocycles. The second-order valence-electron chi connectivity index (χ2n) is 7.99. The van der Waals surface area contributed by atoms with Crippen molar-refractivity contribution in [1.82, 2.24) is 9.47 Å². The summed E-state index contributed by atoms with van der Waals surface area (Å²) in [7, 11) is 0. The molecule has 0 aliphatic carbocycles. The Bertz CT molecular complexity index is 1480. The summed E-state index contributed by atoms with van der Waals surface area (Å²) in [5, 5.41) is 9.99. The number of rotatable bonds is 7. The van der Waals surface area contributed by atoms with Gasteiger partial charge in [-0.2, -0.15) is 5.26 Å². The van der Waals surface area contributed by atoms with Crippen LogP contribution in [0.2, 0.25) is 0 Å². The molecule has 0 N–H and O–H groups in total. The summed E-state index contributed by atoms with van der Waals surface area (Å²) in [4.78, 5) is 27.3. The first-order valence-electron chi connectivity index (χ1n) is 11.1. The maximum Gasteiger partial charge on any atom is 0.293 e. The number of fused-ring (bicyclic) bond motifs is 1. The molecular formula is C28H21N3O3S. The quantitative estimate of drug-likeness (QED) is 0.312. The average molecular weight is 480 g/mol. The van der Waals surface area contributed by atoms with E-state index in [4.69, 9.17) is 4.74 Å². The van der Waals surface area contributed by atoms with Crippen LogP contribution >= 0.6 is 11.8 Å². The van der Waals surface area contributed by atoms with Gasteiger partial charge in [-0.3, -0.25) is 14.5 Å². The fourth-order valence-electron chi connectivity index (χ4n) is 4.07. The van der Waals surface area contributed by atoms with Crippen LogP contribution in [0, 0.1) is 11.3 Å². The summed E-state index contributed by atoms with van der Waals surface area (Å²) >= 11 is 0.924. The lowest BCUT2D eigenvalue weighted by Crippen LogP contribution is -2.27. The van der Waals surface area contributed by atoms with E-state index in [2.05, 4.69) is 10.6 Å². The molecule has 1 fully saturated rings. The number of ether oxygens (including phenoxy) is 1. The third-order valence-electron chi connectivity index (χ3n) is 5.79. The van der Waals surface area contributed by atoms with Crippen LogP contribution in [0.5, 0.6) is 5.75 Å². The molecule has 172 valence electrons. The second kappa shape index (κ2) is 9.92. The second-order valence-corrected chi connectivity index (χ2v) is 8.99. The molecule has 1 aromatic heterocycles. The van der Waals surface area contributed by atoms with Crippen LogP contribution < -0.4 is 4.74 Å². The third kappa shape index (κ3) is 4.70. The topological polar surface area (TPSA) is 75.3 Å².